The number of carbonyl (C=O) groups excluding carboxylic acids is 4. The molecule has 0 radical (unpaired) electrons. The van der Waals surface area contributed by atoms with E-state index in [-0.39, 0.29) is 17.4 Å². The van der Waals surface area contributed by atoms with Crippen molar-refractivity contribution in [1.82, 2.24) is 4.90 Å². The Hall–Kier alpha value is -1.45. The van der Waals surface area contributed by atoms with Crippen LogP contribution < -0.4 is 0 Å². The quantitative estimate of drug-likeness (QED) is 0.200. The van der Waals surface area contributed by atoms with E-state index in [9.17, 15) is 19.2 Å². The van der Waals surface area contributed by atoms with E-state index in [4.69, 9.17) is 9.16 Å². The zero-order chi connectivity index (χ0) is 22.9. The van der Waals surface area contributed by atoms with Gasteiger partial charge in [0.2, 0.25) is 5.91 Å². The predicted octanol–water partition coefficient (Wildman–Crippen LogP) is 2.80. The summed E-state index contributed by atoms with van der Waals surface area (Å²) in [6.07, 6.45) is 1.28. The first-order valence-corrected chi connectivity index (χ1v) is 14.3. The molecule has 2 aliphatic heterocycles. The summed E-state index contributed by atoms with van der Waals surface area (Å²) in [6, 6.07) is -0.679. The molecular weight excluding hydrogens is 422 g/mol. The molecule has 0 bridgehead atoms. The zero-order valence-corrected chi connectivity index (χ0v) is 20.5. The van der Waals surface area contributed by atoms with Crippen molar-refractivity contribution in [3.63, 3.8) is 0 Å². The Morgan fingerprint density at radius 2 is 1.97 bits per heavy atom. The maximum Gasteiger partial charge on any atom is 0.397 e. The summed E-state index contributed by atoms with van der Waals surface area (Å²) in [5.41, 5.74) is 0. The summed E-state index contributed by atoms with van der Waals surface area (Å²) in [6.45, 7) is 15.7. The first-order chi connectivity index (χ1) is 13.8. The number of Topliss-reactive ketones (excluding diaryl/α,β-unsaturated/α-hetero) is 1. The molecular formula is C21H33NO6SSi. The van der Waals surface area contributed by atoms with Gasteiger partial charge in [0, 0.05) is 23.8 Å². The molecule has 7 nitrogen and oxygen atoms in total. The highest BCUT2D eigenvalue weighted by Gasteiger charge is 2.60. The maximum atomic E-state index is 13.0. The fourth-order valence-corrected chi connectivity index (χ4v) is 6.22. The molecule has 0 aromatic heterocycles. The Morgan fingerprint density at radius 1 is 1.33 bits per heavy atom. The molecule has 2 heterocycles. The summed E-state index contributed by atoms with van der Waals surface area (Å²) in [4.78, 5) is 51.3. The van der Waals surface area contributed by atoms with Crippen molar-refractivity contribution in [2.75, 3.05) is 18.1 Å². The molecule has 168 valence electrons. The lowest BCUT2D eigenvalue weighted by atomic mass is 9.74. The normalized spacial score (nSPS) is 26.1. The molecule has 9 heteroatoms. The minimum absolute atomic E-state index is 0.0213. The zero-order valence-electron chi connectivity index (χ0n) is 18.7. The summed E-state index contributed by atoms with van der Waals surface area (Å²) in [7, 11) is -2.18. The van der Waals surface area contributed by atoms with Crippen LogP contribution in [0, 0.1) is 11.8 Å². The predicted molar refractivity (Wildman–Crippen MR) is 118 cm³/mol. The number of ether oxygens (including phenoxy) is 1. The maximum absolute atomic E-state index is 13.0. The fourth-order valence-electron chi connectivity index (χ4n) is 3.64. The van der Waals surface area contributed by atoms with Gasteiger partial charge < -0.3 is 9.16 Å². The third-order valence-electron chi connectivity index (χ3n) is 6.32. The molecule has 0 saturated carbocycles. The Kier molecular flexibility index (Phi) is 7.74. The van der Waals surface area contributed by atoms with Gasteiger partial charge in [-0.3, -0.25) is 19.3 Å². The minimum Gasteiger partial charge on any atom is -0.454 e. The van der Waals surface area contributed by atoms with Gasteiger partial charge in [-0.25, -0.2) is 4.79 Å². The second kappa shape index (κ2) is 9.36. The van der Waals surface area contributed by atoms with Crippen LogP contribution >= 0.6 is 11.8 Å². The van der Waals surface area contributed by atoms with Crippen molar-refractivity contribution in [2.45, 2.75) is 64.4 Å². The van der Waals surface area contributed by atoms with Crippen LogP contribution in [0.4, 0.5) is 0 Å². The van der Waals surface area contributed by atoms with Crippen molar-refractivity contribution < 1.29 is 28.3 Å². The van der Waals surface area contributed by atoms with Gasteiger partial charge in [0.15, 0.2) is 8.32 Å². The number of hydrogen-bond donors (Lipinski definition) is 0. The molecule has 4 atom stereocenters. The van der Waals surface area contributed by atoms with Gasteiger partial charge in [-0.05, 0) is 25.1 Å². The van der Waals surface area contributed by atoms with E-state index < -0.39 is 50.1 Å². The number of imide groups is 1. The molecule has 0 spiro atoms. The van der Waals surface area contributed by atoms with E-state index in [0.717, 1.165) is 10.7 Å². The van der Waals surface area contributed by atoms with Crippen LogP contribution in [-0.2, 0) is 28.3 Å². The molecule has 30 heavy (non-hydrogen) atoms. The number of thioether (sulfide) groups is 1. The second-order valence-electron chi connectivity index (χ2n) is 9.40. The smallest absolute Gasteiger partial charge is 0.397 e. The van der Waals surface area contributed by atoms with Crippen LogP contribution in [0.1, 0.15) is 34.1 Å². The topological polar surface area (TPSA) is 90.0 Å². The van der Waals surface area contributed by atoms with Gasteiger partial charge in [0.25, 0.3) is 0 Å². The molecule has 0 aromatic rings. The van der Waals surface area contributed by atoms with Crippen molar-refractivity contribution in [3.05, 3.63) is 12.7 Å². The highest BCUT2D eigenvalue weighted by molar-refractivity contribution is 7.99. The van der Waals surface area contributed by atoms with Crippen LogP contribution in [0.25, 0.3) is 0 Å². The Labute approximate surface area is 184 Å². The van der Waals surface area contributed by atoms with E-state index >= 15 is 0 Å². The second-order valence-corrected chi connectivity index (χ2v) is 15.3. The molecule has 2 aliphatic rings. The van der Waals surface area contributed by atoms with Crippen LogP contribution in [0.5, 0.6) is 0 Å². The summed E-state index contributed by atoms with van der Waals surface area (Å²) in [5.74, 6) is -2.47. The third-order valence-corrected chi connectivity index (χ3v) is 12.0. The number of β-lactam (4-membered cyclic amide) rings is 1. The van der Waals surface area contributed by atoms with Crippen LogP contribution in [-0.4, -0.2) is 67.0 Å². The fraction of sp³-hybridized carbons (Fsp3) is 0.714. The minimum atomic E-state index is -2.18. The Morgan fingerprint density at radius 3 is 2.50 bits per heavy atom. The lowest BCUT2D eigenvalue weighted by Gasteiger charge is -2.52. The van der Waals surface area contributed by atoms with E-state index in [1.54, 1.807) is 11.8 Å². The van der Waals surface area contributed by atoms with Crippen molar-refractivity contribution in [3.8, 4) is 0 Å². The number of nitrogens with zero attached hydrogens (tertiary/aromatic N) is 1. The Balaban J connectivity index is 2.29. The van der Waals surface area contributed by atoms with E-state index in [1.807, 2.05) is 6.92 Å². The molecule has 2 amide bonds. The summed E-state index contributed by atoms with van der Waals surface area (Å²) >= 11 is 1.62. The standard InChI is InChI=1S/C21H33NO6SSi/c1-8-10-27-20(26)19(25)22-17(14-12-29-11-9-15(14)23)16(18(22)24)13(2)28-30(6,7)21(3,4)5/h8,13-14,16-17H,1,9-12H2,2-7H3/t13-,14+,16-,17-/m1/s1. The molecule has 0 unspecified atom stereocenters. The lowest BCUT2D eigenvalue weighted by molar-refractivity contribution is -0.182. The number of carbonyl (C=O) groups is 4. The molecule has 2 rings (SSSR count). The lowest BCUT2D eigenvalue weighted by Crippen LogP contribution is -2.71. The average Bonchev–Trinajstić information content (AvgIpc) is 2.63. The van der Waals surface area contributed by atoms with Crippen LogP contribution in [0.2, 0.25) is 18.1 Å². The molecule has 2 saturated heterocycles. The van der Waals surface area contributed by atoms with Crippen molar-refractivity contribution in [2.24, 2.45) is 11.8 Å². The number of ketones is 1. The molecule has 2 fully saturated rings. The van der Waals surface area contributed by atoms with Crippen LogP contribution in [0.3, 0.4) is 0 Å². The van der Waals surface area contributed by atoms with E-state index in [0.29, 0.717) is 12.2 Å². The van der Waals surface area contributed by atoms with Gasteiger partial charge in [-0.2, -0.15) is 11.8 Å². The van der Waals surface area contributed by atoms with E-state index in [2.05, 4.69) is 40.4 Å². The SMILES string of the molecule is C=CCOC(=O)C(=O)N1C(=O)[C@H]([C@@H](C)O[Si](C)(C)C(C)(C)C)[C@H]1[C@H]1CSCCC1=O. The number of rotatable bonds is 6. The molecule has 0 N–H and O–H groups in total. The first kappa shape index (κ1) is 24.8. The highest BCUT2D eigenvalue weighted by atomic mass is 32.2. The third kappa shape index (κ3) is 4.89. The van der Waals surface area contributed by atoms with Crippen molar-refractivity contribution >= 4 is 43.6 Å². The van der Waals surface area contributed by atoms with Gasteiger partial charge >= 0.3 is 11.9 Å². The van der Waals surface area contributed by atoms with Gasteiger partial charge in [0.05, 0.1) is 18.1 Å². The monoisotopic (exact) mass is 455 g/mol. The highest BCUT2D eigenvalue weighted by Crippen LogP contribution is 2.43. The Bertz CT molecular complexity index is 731. The van der Waals surface area contributed by atoms with Crippen molar-refractivity contribution in [1.29, 1.82) is 0 Å². The van der Waals surface area contributed by atoms with Gasteiger partial charge in [0.1, 0.15) is 12.4 Å². The average molecular weight is 456 g/mol. The molecule has 0 aromatic carbocycles. The van der Waals surface area contributed by atoms with Crippen LogP contribution in [0.15, 0.2) is 12.7 Å². The van der Waals surface area contributed by atoms with E-state index in [1.165, 1.54) is 6.08 Å². The number of hydrogen-bond acceptors (Lipinski definition) is 7. The largest absolute Gasteiger partial charge is 0.454 e. The summed E-state index contributed by atoms with van der Waals surface area (Å²) in [5, 5.41) is -0.0515. The molecule has 0 aliphatic carbocycles. The first-order valence-electron chi connectivity index (χ1n) is 10.3. The summed E-state index contributed by atoms with van der Waals surface area (Å²) < 4.78 is 11.2. The van der Waals surface area contributed by atoms with Gasteiger partial charge in [-0.1, -0.05) is 33.4 Å². The number of esters is 1. The van der Waals surface area contributed by atoms with Gasteiger partial charge in [-0.15, -0.1) is 0 Å². The number of likely N-dealkylation sites (tertiary alicyclic amines) is 1. The number of amides is 2.